The summed E-state index contributed by atoms with van der Waals surface area (Å²) in [6, 6.07) is 4.92. The van der Waals surface area contributed by atoms with Gasteiger partial charge in [0.15, 0.2) is 0 Å². The average molecular weight is 214 g/mol. The molecule has 2 rings (SSSR count). The molecule has 1 aliphatic heterocycles. The molecule has 2 heterocycles. The first-order chi connectivity index (χ1) is 6.61. The molecule has 1 saturated heterocycles. The molecule has 0 radical (unpaired) electrons. The molecular formula is C8H10N2O3S. The fourth-order valence-electron chi connectivity index (χ4n) is 1.35. The number of pyridine rings is 1. The Morgan fingerprint density at radius 3 is 2.86 bits per heavy atom. The molecule has 0 amide bonds. The minimum Gasteiger partial charge on any atom is -0.251 e. The fourth-order valence-corrected chi connectivity index (χ4v) is 2.67. The van der Waals surface area contributed by atoms with E-state index in [4.69, 9.17) is 0 Å². The maximum absolute atomic E-state index is 11.4. The highest BCUT2D eigenvalue weighted by atomic mass is 32.2. The average Bonchev–Trinajstić information content (AvgIpc) is 2.42. The number of rotatable bonds is 1. The Hall–Kier alpha value is -1.14. The number of hydrogen-bond donors (Lipinski definition) is 0. The van der Waals surface area contributed by atoms with Gasteiger partial charge in [0.1, 0.15) is 5.82 Å². The molecule has 1 aliphatic rings. The summed E-state index contributed by atoms with van der Waals surface area (Å²) in [5, 5.41) is 0. The van der Waals surface area contributed by atoms with Gasteiger partial charge in [0.05, 0.1) is 12.6 Å². The van der Waals surface area contributed by atoms with Crippen LogP contribution in [0.25, 0.3) is 0 Å². The normalized spacial score (nSPS) is 25.2. The van der Waals surface area contributed by atoms with Crippen molar-refractivity contribution in [2.24, 2.45) is 0 Å². The van der Waals surface area contributed by atoms with Gasteiger partial charge < -0.3 is 0 Å². The lowest BCUT2D eigenvalue weighted by Gasteiger charge is -2.17. The highest BCUT2D eigenvalue weighted by Gasteiger charge is 2.36. The molecule has 1 aromatic heterocycles. The van der Waals surface area contributed by atoms with E-state index in [1.807, 2.05) is 0 Å². The molecule has 1 unspecified atom stereocenters. The van der Waals surface area contributed by atoms with Gasteiger partial charge in [0, 0.05) is 6.20 Å². The Balaban J connectivity index is 2.43. The summed E-state index contributed by atoms with van der Waals surface area (Å²) in [6.45, 7) is 1.96. The standard InChI is InChI=1S/C8H10N2O3S/c1-7-6-13-14(11,12)10(7)8-4-2-3-5-9-8/h2-5,7H,6H2,1H3. The summed E-state index contributed by atoms with van der Waals surface area (Å²) in [4.78, 5) is 3.97. The summed E-state index contributed by atoms with van der Waals surface area (Å²) in [5.41, 5.74) is 0. The summed E-state index contributed by atoms with van der Waals surface area (Å²) < 4.78 is 28.7. The van der Waals surface area contributed by atoms with Gasteiger partial charge in [-0.1, -0.05) is 6.07 Å². The van der Waals surface area contributed by atoms with Crippen molar-refractivity contribution in [2.45, 2.75) is 13.0 Å². The van der Waals surface area contributed by atoms with Gasteiger partial charge in [-0.3, -0.25) is 4.18 Å². The molecule has 1 aromatic rings. The van der Waals surface area contributed by atoms with Gasteiger partial charge in [0.25, 0.3) is 0 Å². The van der Waals surface area contributed by atoms with Crippen molar-refractivity contribution in [3.63, 3.8) is 0 Å². The molecule has 0 aromatic carbocycles. The molecule has 0 aliphatic carbocycles. The SMILES string of the molecule is CC1COS(=O)(=O)N1c1ccccn1. The molecule has 0 spiro atoms. The summed E-state index contributed by atoms with van der Waals surface area (Å²) >= 11 is 0. The molecule has 1 atom stereocenters. The lowest BCUT2D eigenvalue weighted by molar-refractivity contribution is 0.343. The van der Waals surface area contributed by atoms with E-state index in [9.17, 15) is 8.42 Å². The van der Waals surface area contributed by atoms with E-state index < -0.39 is 10.3 Å². The Labute approximate surface area is 82.6 Å². The number of nitrogens with zero attached hydrogens (tertiary/aromatic N) is 2. The first kappa shape index (κ1) is 9.42. The first-order valence-electron chi connectivity index (χ1n) is 4.21. The Kier molecular flexibility index (Phi) is 2.16. The smallest absolute Gasteiger partial charge is 0.251 e. The van der Waals surface area contributed by atoms with E-state index in [0.717, 1.165) is 0 Å². The maximum Gasteiger partial charge on any atom is 0.364 e. The number of anilines is 1. The zero-order valence-electron chi connectivity index (χ0n) is 7.62. The third-order valence-corrected chi connectivity index (χ3v) is 3.44. The van der Waals surface area contributed by atoms with Crippen molar-refractivity contribution in [3.8, 4) is 0 Å². The molecule has 76 valence electrons. The molecule has 0 saturated carbocycles. The van der Waals surface area contributed by atoms with Gasteiger partial charge in [-0.25, -0.2) is 9.29 Å². The fraction of sp³-hybridized carbons (Fsp3) is 0.375. The maximum atomic E-state index is 11.4. The molecule has 14 heavy (non-hydrogen) atoms. The van der Waals surface area contributed by atoms with Crippen LogP contribution in [-0.4, -0.2) is 26.1 Å². The van der Waals surface area contributed by atoms with E-state index >= 15 is 0 Å². The van der Waals surface area contributed by atoms with E-state index in [1.165, 1.54) is 4.31 Å². The molecule has 5 nitrogen and oxygen atoms in total. The van der Waals surface area contributed by atoms with Crippen LogP contribution in [0.4, 0.5) is 5.82 Å². The topological polar surface area (TPSA) is 59.5 Å². The highest BCUT2D eigenvalue weighted by Crippen LogP contribution is 2.24. The third kappa shape index (κ3) is 1.46. The Morgan fingerprint density at radius 1 is 1.57 bits per heavy atom. The quantitative estimate of drug-likeness (QED) is 0.685. The van der Waals surface area contributed by atoms with Crippen molar-refractivity contribution >= 4 is 16.1 Å². The van der Waals surface area contributed by atoms with Crippen LogP contribution in [0.1, 0.15) is 6.92 Å². The predicted molar refractivity (Wildman–Crippen MR) is 51.0 cm³/mol. The van der Waals surface area contributed by atoms with E-state index in [2.05, 4.69) is 9.17 Å². The van der Waals surface area contributed by atoms with Crippen LogP contribution in [0.3, 0.4) is 0 Å². The van der Waals surface area contributed by atoms with Crippen molar-refractivity contribution in [1.82, 2.24) is 4.98 Å². The summed E-state index contributed by atoms with van der Waals surface area (Å²) in [6.07, 6.45) is 1.55. The van der Waals surface area contributed by atoms with E-state index in [0.29, 0.717) is 5.82 Å². The van der Waals surface area contributed by atoms with E-state index in [1.54, 1.807) is 31.3 Å². The molecule has 0 bridgehead atoms. The molecule has 0 N–H and O–H groups in total. The van der Waals surface area contributed by atoms with Crippen LogP contribution in [0.2, 0.25) is 0 Å². The van der Waals surface area contributed by atoms with Crippen LogP contribution < -0.4 is 4.31 Å². The minimum atomic E-state index is -3.62. The summed E-state index contributed by atoms with van der Waals surface area (Å²) in [5.74, 6) is 0.400. The van der Waals surface area contributed by atoms with Crippen LogP contribution in [0.5, 0.6) is 0 Å². The van der Waals surface area contributed by atoms with Crippen molar-refractivity contribution in [2.75, 3.05) is 10.9 Å². The predicted octanol–water partition coefficient (Wildman–Crippen LogP) is 0.552. The highest BCUT2D eigenvalue weighted by molar-refractivity contribution is 7.88. The van der Waals surface area contributed by atoms with Crippen LogP contribution in [0.15, 0.2) is 24.4 Å². The van der Waals surface area contributed by atoms with Gasteiger partial charge in [-0.2, -0.15) is 8.42 Å². The molecule has 6 heteroatoms. The summed E-state index contributed by atoms with van der Waals surface area (Å²) in [7, 11) is -3.62. The number of aromatic nitrogens is 1. The van der Waals surface area contributed by atoms with Gasteiger partial charge >= 0.3 is 10.3 Å². The second-order valence-corrected chi connectivity index (χ2v) is 4.56. The van der Waals surface area contributed by atoms with Crippen molar-refractivity contribution in [1.29, 1.82) is 0 Å². The Bertz CT molecular complexity index is 417. The molecule has 1 fully saturated rings. The van der Waals surface area contributed by atoms with Gasteiger partial charge in [-0.15, -0.1) is 0 Å². The Morgan fingerprint density at radius 2 is 2.36 bits per heavy atom. The molecular weight excluding hydrogens is 204 g/mol. The van der Waals surface area contributed by atoms with Gasteiger partial charge in [0.2, 0.25) is 0 Å². The van der Waals surface area contributed by atoms with Crippen molar-refractivity contribution < 1.29 is 12.6 Å². The lowest BCUT2D eigenvalue weighted by Crippen LogP contribution is -2.32. The lowest BCUT2D eigenvalue weighted by atomic mass is 10.3. The minimum absolute atomic E-state index is 0.179. The zero-order chi connectivity index (χ0) is 10.2. The number of hydrogen-bond acceptors (Lipinski definition) is 4. The van der Waals surface area contributed by atoms with Crippen molar-refractivity contribution in [3.05, 3.63) is 24.4 Å². The second kappa shape index (κ2) is 3.21. The van der Waals surface area contributed by atoms with E-state index in [-0.39, 0.29) is 12.6 Å². The monoisotopic (exact) mass is 214 g/mol. The van der Waals surface area contributed by atoms with Crippen LogP contribution >= 0.6 is 0 Å². The zero-order valence-corrected chi connectivity index (χ0v) is 8.44. The largest absolute Gasteiger partial charge is 0.364 e. The van der Waals surface area contributed by atoms with Crippen LogP contribution in [0, 0.1) is 0 Å². The van der Waals surface area contributed by atoms with Crippen LogP contribution in [-0.2, 0) is 14.5 Å². The first-order valence-corrected chi connectivity index (χ1v) is 5.57. The second-order valence-electron chi connectivity index (χ2n) is 3.08. The third-order valence-electron chi connectivity index (χ3n) is 1.97. The van der Waals surface area contributed by atoms with Gasteiger partial charge in [-0.05, 0) is 19.1 Å².